The molecule has 1 aromatic carbocycles. The third-order valence-electron chi connectivity index (χ3n) is 7.94. The highest BCUT2D eigenvalue weighted by atomic mass is 32.2. The van der Waals surface area contributed by atoms with Gasteiger partial charge in [0.25, 0.3) is 20.2 Å². The number of rotatable bonds is 25. The summed E-state index contributed by atoms with van der Waals surface area (Å²) in [5.74, 6) is 0.434. The van der Waals surface area contributed by atoms with Gasteiger partial charge in [0, 0.05) is 0 Å². The molecule has 39 heavy (non-hydrogen) atoms. The van der Waals surface area contributed by atoms with Crippen molar-refractivity contribution >= 4 is 20.2 Å². The quantitative estimate of drug-likeness (QED) is 0.0869. The fourth-order valence-corrected chi connectivity index (χ4v) is 6.86. The van der Waals surface area contributed by atoms with Crippen molar-refractivity contribution in [3.8, 4) is 0 Å². The molecule has 0 radical (unpaired) electrons. The lowest BCUT2D eigenvalue weighted by Crippen LogP contribution is -2.20. The monoisotopic (exact) mass is 588 g/mol. The van der Waals surface area contributed by atoms with Gasteiger partial charge in [-0.3, -0.25) is 9.11 Å². The zero-order valence-electron chi connectivity index (χ0n) is 24.7. The summed E-state index contributed by atoms with van der Waals surface area (Å²) in [6, 6.07) is 6.74. The Morgan fingerprint density at radius 3 is 1.31 bits per heavy atom. The second-order valence-electron chi connectivity index (χ2n) is 11.3. The predicted molar refractivity (Wildman–Crippen MR) is 163 cm³/mol. The van der Waals surface area contributed by atoms with Crippen molar-refractivity contribution in [2.24, 2.45) is 0 Å². The summed E-state index contributed by atoms with van der Waals surface area (Å²) in [7, 11) is -8.08. The highest BCUT2D eigenvalue weighted by molar-refractivity contribution is 7.86. The zero-order chi connectivity index (χ0) is 29.0. The molecule has 0 saturated carbocycles. The highest BCUT2D eigenvalue weighted by Crippen LogP contribution is 2.29. The van der Waals surface area contributed by atoms with E-state index >= 15 is 0 Å². The number of hydrogen-bond acceptors (Lipinski definition) is 4. The molecule has 2 unspecified atom stereocenters. The van der Waals surface area contributed by atoms with Gasteiger partial charge in [-0.1, -0.05) is 135 Å². The van der Waals surface area contributed by atoms with Crippen molar-refractivity contribution < 1.29 is 25.9 Å². The minimum Gasteiger partial charge on any atom is -0.285 e. The van der Waals surface area contributed by atoms with Gasteiger partial charge in [0.05, 0.1) is 10.1 Å². The number of hydrogen-bond donors (Lipinski definition) is 2. The van der Waals surface area contributed by atoms with Crippen molar-refractivity contribution in [2.75, 3.05) is 0 Å². The molecule has 1 aromatic rings. The van der Waals surface area contributed by atoms with E-state index in [4.69, 9.17) is 0 Å². The van der Waals surface area contributed by atoms with Crippen LogP contribution in [0.4, 0.5) is 0 Å². The molecule has 0 aliphatic heterocycles. The van der Waals surface area contributed by atoms with Crippen LogP contribution in [0, 0.1) is 0 Å². The zero-order valence-corrected chi connectivity index (χ0v) is 26.3. The van der Waals surface area contributed by atoms with Gasteiger partial charge in [-0.05, 0) is 49.3 Å². The van der Waals surface area contributed by atoms with Gasteiger partial charge in [0.15, 0.2) is 0 Å². The molecule has 0 amide bonds. The first-order chi connectivity index (χ1) is 18.6. The van der Waals surface area contributed by atoms with Crippen molar-refractivity contribution in [1.29, 1.82) is 0 Å². The Hall–Kier alpha value is -0.960. The van der Waals surface area contributed by atoms with E-state index in [1.807, 2.05) is 12.1 Å². The number of unbranched alkanes of at least 4 members (excludes halogenated alkanes) is 14. The Morgan fingerprint density at radius 1 is 0.538 bits per heavy atom. The minimum atomic E-state index is -4.15. The molecule has 0 aliphatic carbocycles. The van der Waals surface area contributed by atoms with Crippen LogP contribution in [-0.2, 0) is 20.2 Å². The number of benzene rings is 1. The average Bonchev–Trinajstić information content (AvgIpc) is 2.88. The molecule has 0 aliphatic rings. The molecule has 228 valence electrons. The third-order valence-corrected chi connectivity index (χ3v) is 10.1. The van der Waals surface area contributed by atoms with E-state index in [0.29, 0.717) is 18.8 Å². The van der Waals surface area contributed by atoms with Crippen LogP contribution in [0.15, 0.2) is 29.2 Å². The average molecular weight is 589 g/mol. The normalized spacial score (nSPS) is 13.9. The summed E-state index contributed by atoms with van der Waals surface area (Å²) in [6.45, 7) is 4.33. The lowest BCUT2D eigenvalue weighted by atomic mass is 9.88. The van der Waals surface area contributed by atoms with Crippen molar-refractivity contribution in [2.45, 2.75) is 165 Å². The second kappa shape index (κ2) is 20.8. The van der Waals surface area contributed by atoms with Crippen LogP contribution in [0.3, 0.4) is 0 Å². The standard InChI is InChI=1S/C31H56O6S2/c1-3-5-7-18-22-30(38(32,33)34)23-19-15-13-11-9-8-10-12-14-17-21-28(20-16-6-4-2)29-24-26-31(27-25-29)39(35,36)37/h24-28,30H,3-23H2,1-2H3,(H,32,33,34)(H,35,36,37). The van der Waals surface area contributed by atoms with Crippen LogP contribution in [0.1, 0.15) is 160 Å². The molecular weight excluding hydrogens is 532 g/mol. The van der Waals surface area contributed by atoms with Gasteiger partial charge in [-0.15, -0.1) is 0 Å². The van der Waals surface area contributed by atoms with Gasteiger partial charge in [0.2, 0.25) is 0 Å². The van der Waals surface area contributed by atoms with E-state index in [1.54, 1.807) is 0 Å². The first kappa shape index (κ1) is 36.1. The Kier molecular flexibility index (Phi) is 19.3. The first-order valence-corrected chi connectivity index (χ1v) is 18.6. The Balaban J connectivity index is 2.20. The molecule has 0 fully saturated rings. The molecule has 0 saturated heterocycles. The Bertz CT molecular complexity index is 942. The van der Waals surface area contributed by atoms with Gasteiger partial charge in [-0.25, -0.2) is 0 Å². The van der Waals surface area contributed by atoms with Crippen molar-refractivity contribution in [3.63, 3.8) is 0 Å². The maximum absolute atomic E-state index is 11.6. The summed E-state index contributed by atoms with van der Waals surface area (Å²) >= 11 is 0. The van der Waals surface area contributed by atoms with Gasteiger partial charge >= 0.3 is 0 Å². The van der Waals surface area contributed by atoms with Crippen molar-refractivity contribution in [1.82, 2.24) is 0 Å². The topological polar surface area (TPSA) is 109 Å². The fourth-order valence-electron chi connectivity index (χ4n) is 5.45. The van der Waals surface area contributed by atoms with E-state index in [2.05, 4.69) is 13.8 Å². The maximum Gasteiger partial charge on any atom is 0.294 e. The lowest BCUT2D eigenvalue weighted by Gasteiger charge is -2.18. The lowest BCUT2D eigenvalue weighted by molar-refractivity contribution is 0.443. The van der Waals surface area contributed by atoms with E-state index in [1.165, 1.54) is 76.3 Å². The first-order valence-electron chi connectivity index (χ1n) is 15.6. The Labute approximate surface area is 240 Å². The predicted octanol–water partition coefficient (Wildman–Crippen LogP) is 9.51. The van der Waals surface area contributed by atoms with Crippen LogP contribution < -0.4 is 0 Å². The highest BCUT2D eigenvalue weighted by Gasteiger charge is 2.21. The SMILES string of the molecule is CCCCCCC(CCCCCCCCCCCCC(CCCCC)c1ccc(S(=O)(=O)O)cc1)S(=O)(=O)O. The molecule has 8 heteroatoms. The Morgan fingerprint density at radius 2 is 0.897 bits per heavy atom. The van der Waals surface area contributed by atoms with Crippen LogP contribution in [0.5, 0.6) is 0 Å². The maximum atomic E-state index is 11.6. The van der Waals surface area contributed by atoms with Crippen molar-refractivity contribution in [3.05, 3.63) is 29.8 Å². The molecule has 2 N–H and O–H groups in total. The van der Waals surface area contributed by atoms with E-state index < -0.39 is 25.5 Å². The van der Waals surface area contributed by atoms with E-state index in [0.717, 1.165) is 63.4 Å². The van der Waals surface area contributed by atoms with Gasteiger partial charge in [0.1, 0.15) is 0 Å². The smallest absolute Gasteiger partial charge is 0.285 e. The fraction of sp³-hybridized carbons (Fsp3) is 0.806. The summed E-state index contributed by atoms with van der Waals surface area (Å²) in [5.41, 5.74) is 1.16. The second-order valence-corrected chi connectivity index (χ2v) is 14.5. The third kappa shape index (κ3) is 17.5. The summed E-state index contributed by atoms with van der Waals surface area (Å²) in [5, 5.41) is -0.586. The molecule has 6 nitrogen and oxygen atoms in total. The molecule has 0 aromatic heterocycles. The molecule has 2 atom stereocenters. The minimum absolute atomic E-state index is 0.0429. The van der Waals surface area contributed by atoms with Crippen LogP contribution in [0.25, 0.3) is 0 Å². The largest absolute Gasteiger partial charge is 0.294 e. The van der Waals surface area contributed by atoms with Gasteiger partial charge in [-0.2, -0.15) is 16.8 Å². The summed E-state index contributed by atoms with van der Waals surface area (Å²) < 4.78 is 64.7. The van der Waals surface area contributed by atoms with E-state index in [9.17, 15) is 25.9 Å². The molecule has 1 rings (SSSR count). The molecule has 0 bridgehead atoms. The molecule has 0 spiro atoms. The van der Waals surface area contributed by atoms with E-state index in [-0.39, 0.29) is 4.90 Å². The molecule has 0 heterocycles. The summed E-state index contributed by atoms with van der Waals surface area (Å²) in [4.78, 5) is -0.0429. The molecular formula is C31H56O6S2. The van der Waals surface area contributed by atoms with Crippen LogP contribution in [-0.4, -0.2) is 31.2 Å². The van der Waals surface area contributed by atoms with Gasteiger partial charge < -0.3 is 0 Å². The van der Waals surface area contributed by atoms with Crippen LogP contribution in [0.2, 0.25) is 0 Å². The van der Waals surface area contributed by atoms with Crippen LogP contribution >= 0.6 is 0 Å². The summed E-state index contributed by atoms with van der Waals surface area (Å²) in [6.07, 6.45) is 22.6.